The van der Waals surface area contributed by atoms with Gasteiger partial charge in [-0.2, -0.15) is 4.31 Å². The van der Waals surface area contributed by atoms with Crippen LogP contribution in [0.4, 0.5) is 0 Å². The van der Waals surface area contributed by atoms with Crippen LogP contribution in [-0.2, 0) is 14.8 Å². The summed E-state index contributed by atoms with van der Waals surface area (Å²) in [6.45, 7) is 5.51. The van der Waals surface area contributed by atoms with E-state index in [1.165, 1.54) is 10.4 Å². The third-order valence-corrected chi connectivity index (χ3v) is 7.29. The number of nitrogens with one attached hydrogen (secondary N) is 1. The number of carbonyl (C=O) groups excluding carboxylic acids is 1. The van der Waals surface area contributed by atoms with Gasteiger partial charge in [-0.15, -0.1) is 0 Å². The summed E-state index contributed by atoms with van der Waals surface area (Å²) in [5.74, 6) is -0.250. The molecule has 1 fully saturated rings. The zero-order valence-electron chi connectivity index (χ0n) is 15.3. The first-order valence-corrected chi connectivity index (χ1v) is 11.3. The Morgan fingerprint density at radius 1 is 1.31 bits per heavy atom. The van der Waals surface area contributed by atoms with Gasteiger partial charge in [-0.25, -0.2) is 8.42 Å². The van der Waals surface area contributed by atoms with Crippen LogP contribution in [0.25, 0.3) is 0 Å². The third-order valence-electron chi connectivity index (χ3n) is 4.40. The van der Waals surface area contributed by atoms with Crippen LogP contribution in [0.5, 0.6) is 0 Å². The van der Waals surface area contributed by atoms with Gasteiger partial charge in [-0.3, -0.25) is 4.79 Å². The molecule has 6 nitrogen and oxygen atoms in total. The summed E-state index contributed by atoms with van der Waals surface area (Å²) in [5, 5.41) is 2.95. The fourth-order valence-corrected chi connectivity index (χ4v) is 5.21. The van der Waals surface area contributed by atoms with Crippen molar-refractivity contribution in [3.05, 3.63) is 28.2 Å². The minimum atomic E-state index is -3.67. The van der Waals surface area contributed by atoms with Crippen LogP contribution in [-0.4, -0.2) is 51.0 Å². The van der Waals surface area contributed by atoms with Crippen LogP contribution in [0, 0.1) is 0 Å². The van der Waals surface area contributed by atoms with Crippen molar-refractivity contribution in [3.8, 4) is 0 Å². The molecule has 1 unspecified atom stereocenters. The molecule has 1 amide bonds. The minimum Gasteiger partial charge on any atom is -0.379 e. The van der Waals surface area contributed by atoms with Crippen LogP contribution >= 0.6 is 15.9 Å². The van der Waals surface area contributed by atoms with Gasteiger partial charge in [0.1, 0.15) is 0 Å². The van der Waals surface area contributed by atoms with Gasteiger partial charge < -0.3 is 10.1 Å². The van der Waals surface area contributed by atoms with Gasteiger partial charge in [0, 0.05) is 29.2 Å². The van der Waals surface area contributed by atoms with E-state index in [-0.39, 0.29) is 16.8 Å². The highest BCUT2D eigenvalue weighted by atomic mass is 79.9. The Labute approximate surface area is 164 Å². The predicted octanol–water partition coefficient (Wildman–Crippen LogP) is 3.17. The molecule has 1 aromatic rings. The number of amides is 1. The molecule has 1 heterocycles. The second-order valence-corrected chi connectivity index (χ2v) is 9.29. The predicted molar refractivity (Wildman–Crippen MR) is 105 cm³/mol. The maximum Gasteiger partial charge on any atom is 0.251 e. The molecule has 1 aliphatic heterocycles. The number of unbranched alkanes of at least 4 members (excludes halogenated alkanes) is 2. The molecule has 0 bridgehead atoms. The normalized spacial score (nSPS) is 17.0. The number of morpholine rings is 1. The van der Waals surface area contributed by atoms with Crippen molar-refractivity contribution in [2.45, 2.75) is 50.5 Å². The molecular formula is C18H27BrN2O4S. The van der Waals surface area contributed by atoms with Gasteiger partial charge in [0.05, 0.1) is 18.1 Å². The molecule has 0 aromatic heterocycles. The molecule has 1 N–H and O–H groups in total. The van der Waals surface area contributed by atoms with Crippen molar-refractivity contribution >= 4 is 31.9 Å². The molecular weight excluding hydrogens is 420 g/mol. The zero-order valence-corrected chi connectivity index (χ0v) is 17.7. The van der Waals surface area contributed by atoms with Crippen LogP contribution < -0.4 is 5.32 Å². The fraction of sp³-hybridized carbons (Fsp3) is 0.611. The smallest absolute Gasteiger partial charge is 0.251 e. The number of rotatable bonds is 8. The van der Waals surface area contributed by atoms with Crippen LogP contribution in [0.15, 0.2) is 27.6 Å². The maximum atomic E-state index is 12.9. The Bertz CT molecular complexity index is 718. The molecule has 1 atom stereocenters. The highest BCUT2D eigenvalue weighted by Gasteiger charge is 2.29. The van der Waals surface area contributed by atoms with Crippen LogP contribution in [0.3, 0.4) is 0 Å². The van der Waals surface area contributed by atoms with Gasteiger partial charge >= 0.3 is 0 Å². The summed E-state index contributed by atoms with van der Waals surface area (Å²) in [6.07, 6.45) is 4.25. The van der Waals surface area contributed by atoms with Gasteiger partial charge in [-0.1, -0.05) is 26.2 Å². The Kier molecular flexibility index (Phi) is 8.06. The van der Waals surface area contributed by atoms with Crippen molar-refractivity contribution in [2.24, 2.45) is 0 Å². The van der Waals surface area contributed by atoms with Crippen molar-refractivity contribution in [1.29, 1.82) is 0 Å². The molecule has 0 saturated carbocycles. The molecule has 146 valence electrons. The third kappa shape index (κ3) is 5.52. The lowest BCUT2D eigenvalue weighted by molar-refractivity contribution is 0.0730. The minimum absolute atomic E-state index is 0.0528. The maximum absolute atomic E-state index is 12.9. The molecule has 2 rings (SSSR count). The van der Waals surface area contributed by atoms with E-state index in [0.29, 0.717) is 36.3 Å². The Morgan fingerprint density at radius 2 is 2.00 bits per heavy atom. The topological polar surface area (TPSA) is 75.7 Å². The average Bonchev–Trinajstić information content (AvgIpc) is 2.62. The molecule has 0 aliphatic carbocycles. The number of sulfonamides is 1. The highest BCUT2D eigenvalue weighted by molar-refractivity contribution is 9.10. The highest BCUT2D eigenvalue weighted by Crippen LogP contribution is 2.27. The fourth-order valence-electron chi connectivity index (χ4n) is 2.85. The number of carbonyl (C=O) groups is 1. The SMILES string of the molecule is CCCCCC(C)NC(=O)c1ccc(Br)c(S(=O)(=O)N2CCOCC2)c1. The van der Waals surface area contributed by atoms with E-state index in [4.69, 9.17) is 4.74 Å². The zero-order chi connectivity index (χ0) is 19.2. The summed E-state index contributed by atoms with van der Waals surface area (Å²) in [5.41, 5.74) is 0.349. The van der Waals surface area contributed by atoms with E-state index in [9.17, 15) is 13.2 Å². The molecule has 8 heteroatoms. The standard InChI is InChI=1S/C18H27BrN2O4S/c1-3-4-5-6-14(2)20-18(22)15-7-8-16(19)17(13-15)26(23,24)21-9-11-25-12-10-21/h7-8,13-14H,3-6,9-12H2,1-2H3,(H,20,22). The number of nitrogens with zero attached hydrogens (tertiary/aromatic N) is 1. The number of ether oxygens (including phenoxy) is 1. The van der Waals surface area contributed by atoms with Gasteiger partial charge in [0.2, 0.25) is 10.0 Å². The first-order chi connectivity index (χ1) is 12.4. The average molecular weight is 447 g/mol. The lowest BCUT2D eigenvalue weighted by Gasteiger charge is -2.26. The molecule has 26 heavy (non-hydrogen) atoms. The number of hydrogen-bond donors (Lipinski definition) is 1. The summed E-state index contributed by atoms with van der Waals surface area (Å²) in [4.78, 5) is 12.6. The molecule has 1 aromatic carbocycles. The summed E-state index contributed by atoms with van der Waals surface area (Å²) < 4.78 is 32.9. The monoisotopic (exact) mass is 446 g/mol. The first kappa shape index (κ1) is 21.3. The van der Waals surface area contributed by atoms with E-state index >= 15 is 0 Å². The van der Waals surface area contributed by atoms with E-state index in [0.717, 1.165) is 25.7 Å². The largest absolute Gasteiger partial charge is 0.379 e. The Balaban J connectivity index is 2.14. The Hall–Kier alpha value is -0.960. The van der Waals surface area contributed by atoms with Gasteiger partial charge in [-0.05, 0) is 47.5 Å². The van der Waals surface area contributed by atoms with Crippen molar-refractivity contribution in [2.75, 3.05) is 26.3 Å². The van der Waals surface area contributed by atoms with Gasteiger partial charge in [0.25, 0.3) is 5.91 Å². The van der Waals surface area contributed by atoms with Crippen molar-refractivity contribution < 1.29 is 17.9 Å². The molecule has 1 saturated heterocycles. The van der Waals surface area contributed by atoms with E-state index in [1.807, 2.05) is 6.92 Å². The number of hydrogen-bond acceptors (Lipinski definition) is 4. The van der Waals surface area contributed by atoms with Crippen molar-refractivity contribution in [1.82, 2.24) is 9.62 Å². The van der Waals surface area contributed by atoms with E-state index in [1.54, 1.807) is 12.1 Å². The number of halogens is 1. The molecule has 1 aliphatic rings. The van der Waals surface area contributed by atoms with E-state index < -0.39 is 10.0 Å². The second-order valence-electron chi connectivity index (χ2n) is 6.53. The van der Waals surface area contributed by atoms with E-state index in [2.05, 4.69) is 28.2 Å². The van der Waals surface area contributed by atoms with Crippen LogP contribution in [0.2, 0.25) is 0 Å². The van der Waals surface area contributed by atoms with Crippen LogP contribution in [0.1, 0.15) is 49.9 Å². The molecule has 0 radical (unpaired) electrons. The quantitative estimate of drug-likeness (QED) is 0.622. The lowest BCUT2D eigenvalue weighted by atomic mass is 10.1. The number of benzene rings is 1. The van der Waals surface area contributed by atoms with Gasteiger partial charge in [0.15, 0.2) is 0 Å². The molecule has 0 spiro atoms. The van der Waals surface area contributed by atoms with Crippen molar-refractivity contribution in [3.63, 3.8) is 0 Å². The summed E-state index contributed by atoms with van der Waals surface area (Å²) in [6, 6.07) is 4.75. The summed E-state index contributed by atoms with van der Waals surface area (Å²) >= 11 is 3.31. The second kappa shape index (κ2) is 9.82. The first-order valence-electron chi connectivity index (χ1n) is 9.04. The lowest BCUT2D eigenvalue weighted by Crippen LogP contribution is -2.40. The Morgan fingerprint density at radius 3 is 2.65 bits per heavy atom. The summed E-state index contributed by atoms with van der Waals surface area (Å²) in [7, 11) is -3.67.